The average molecular weight is 283 g/mol. The van der Waals surface area contributed by atoms with Gasteiger partial charge in [0.25, 0.3) is 0 Å². The van der Waals surface area contributed by atoms with Gasteiger partial charge in [-0.15, -0.1) is 0 Å². The lowest BCUT2D eigenvalue weighted by Gasteiger charge is -2.13. The van der Waals surface area contributed by atoms with Crippen LogP contribution in [0.3, 0.4) is 0 Å². The van der Waals surface area contributed by atoms with Gasteiger partial charge in [0.05, 0.1) is 0 Å². The van der Waals surface area contributed by atoms with Gasteiger partial charge in [-0.05, 0) is 36.6 Å². The van der Waals surface area contributed by atoms with Gasteiger partial charge >= 0.3 is 0 Å². The number of benzene rings is 2. The molecule has 2 aromatic carbocycles. The second-order valence-corrected chi connectivity index (χ2v) is 5.38. The van der Waals surface area contributed by atoms with Gasteiger partial charge in [-0.25, -0.2) is 0 Å². The Bertz CT molecular complexity index is 507. The van der Waals surface area contributed by atoms with E-state index in [2.05, 4.69) is 55.6 Å². The SMILES string of the molecule is CCCC(C)NCCOc1ccc(-c2ccccc2)cc1. The third-order valence-electron chi connectivity index (χ3n) is 3.55. The van der Waals surface area contributed by atoms with Crippen LogP contribution in [0.4, 0.5) is 0 Å². The number of ether oxygens (including phenoxy) is 1. The van der Waals surface area contributed by atoms with Gasteiger partial charge in [0, 0.05) is 12.6 Å². The van der Waals surface area contributed by atoms with Crippen LogP contribution in [0.5, 0.6) is 5.75 Å². The fraction of sp³-hybridized carbons (Fsp3) is 0.368. The third kappa shape index (κ3) is 5.24. The van der Waals surface area contributed by atoms with Crippen molar-refractivity contribution in [3.05, 3.63) is 54.6 Å². The van der Waals surface area contributed by atoms with Crippen LogP contribution in [-0.2, 0) is 0 Å². The van der Waals surface area contributed by atoms with Crippen LogP contribution >= 0.6 is 0 Å². The monoisotopic (exact) mass is 283 g/mol. The number of nitrogens with one attached hydrogen (secondary N) is 1. The minimum absolute atomic E-state index is 0.569. The zero-order valence-electron chi connectivity index (χ0n) is 13.0. The highest BCUT2D eigenvalue weighted by atomic mass is 16.5. The molecule has 2 rings (SSSR count). The highest BCUT2D eigenvalue weighted by molar-refractivity contribution is 5.63. The molecule has 0 aliphatic heterocycles. The van der Waals surface area contributed by atoms with E-state index >= 15 is 0 Å². The summed E-state index contributed by atoms with van der Waals surface area (Å²) in [6.07, 6.45) is 2.43. The first-order valence-electron chi connectivity index (χ1n) is 7.81. The van der Waals surface area contributed by atoms with E-state index in [-0.39, 0.29) is 0 Å². The Balaban J connectivity index is 1.78. The van der Waals surface area contributed by atoms with E-state index in [9.17, 15) is 0 Å². The Morgan fingerprint density at radius 1 is 0.952 bits per heavy atom. The summed E-state index contributed by atoms with van der Waals surface area (Å²) < 4.78 is 5.76. The summed E-state index contributed by atoms with van der Waals surface area (Å²) in [5, 5.41) is 3.47. The Labute approximate surface area is 128 Å². The normalized spacial score (nSPS) is 12.1. The van der Waals surface area contributed by atoms with Crippen LogP contribution in [0.25, 0.3) is 11.1 Å². The second kappa shape index (κ2) is 8.48. The lowest BCUT2D eigenvalue weighted by molar-refractivity contribution is 0.305. The van der Waals surface area contributed by atoms with E-state index in [1.165, 1.54) is 24.0 Å². The molecular formula is C19H25NO. The lowest BCUT2D eigenvalue weighted by Crippen LogP contribution is -2.29. The maximum absolute atomic E-state index is 5.76. The highest BCUT2D eigenvalue weighted by Crippen LogP contribution is 2.21. The van der Waals surface area contributed by atoms with Crippen molar-refractivity contribution < 1.29 is 4.74 Å². The molecule has 1 unspecified atom stereocenters. The van der Waals surface area contributed by atoms with Crippen molar-refractivity contribution in [1.29, 1.82) is 0 Å². The van der Waals surface area contributed by atoms with Gasteiger partial charge in [-0.2, -0.15) is 0 Å². The van der Waals surface area contributed by atoms with Gasteiger partial charge < -0.3 is 10.1 Å². The molecule has 0 aliphatic rings. The highest BCUT2D eigenvalue weighted by Gasteiger charge is 2.00. The minimum atomic E-state index is 0.569. The Kier molecular flexibility index (Phi) is 6.29. The predicted octanol–water partition coefficient (Wildman–Crippen LogP) is 4.51. The first-order valence-corrected chi connectivity index (χ1v) is 7.81. The van der Waals surface area contributed by atoms with Crippen LogP contribution in [0, 0.1) is 0 Å². The molecule has 0 heterocycles. The summed E-state index contributed by atoms with van der Waals surface area (Å²) in [7, 11) is 0. The molecule has 0 bridgehead atoms. The molecule has 2 aromatic rings. The molecule has 0 saturated carbocycles. The largest absolute Gasteiger partial charge is 0.492 e. The maximum Gasteiger partial charge on any atom is 0.119 e. The second-order valence-electron chi connectivity index (χ2n) is 5.38. The van der Waals surface area contributed by atoms with Crippen LogP contribution in [0.2, 0.25) is 0 Å². The summed E-state index contributed by atoms with van der Waals surface area (Å²) in [6.45, 7) is 6.03. The molecule has 2 heteroatoms. The van der Waals surface area contributed by atoms with Gasteiger partial charge in [0.2, 0.25) is 0 Å². The molecule has 2 nitrogen and oxygen atoms in total. The van der Waals surface area contributed by atoms with Gasteiger partial charge in [-0.1, -0.05) is 55.8 Å². The van der Waals surface area contributed by atoms with Crippen LogP contribution in [0.1, 0.15) is 26.7 Å². The number of rotatable bonds is 8. The van der Waals surface area contributed by atoms with Crippen molar-refractivity contribution in [3.8, 4) is 16.9 Å². The molecule has 112 valence electrons. The molecule has 1 atom stereocenters. The van der Waals surface area contributed by atoms with Crippen molar-refractivity contribution >= 4 is 0 Å². The van der Waals surface area contributed by atoms with Crippen molar-refractivity contribution in [2.45, 2.75) is 32.7 Å². The first-order chi connectivity index (χ1) is 10.3. The topological polar surface area (TPSA) is 21.3 Å². The molecule has 0 aromatic heterocycles. The zero-order valence-corrected chi connectivity index (χ0v) is 13.0. The fourth-order valence-electron chi connectivity index (χ4n) is 2.38. The molecule has 0 amide bonds. The molecular weight excluding hydrogens is 258 g/mol. The Hall–Kier alpha value is -1.80. The molecule has 0 aliphatic carbocycles. The first kappa shape index (κ1) is 15.6. The smallest absolute Gasteiger partial charge is 0.119 e. The zero-order chi connectivity index (χ0) is 14.9. The average Bonchev–Trinajstić information content (AvgIpc) is 2.53. The Morgan fingerprint density at radius 2 is 1.62 bits per heavy atom. The van der Waals surface area contributed by atoms with E-state index in [1.54, 1.807) is 0 Å². The van der Waals surface area contributed by atoms with E-state index < -0.39 is 0 Å². The van der Waals surface area contributed by atoms with Crippen molar-refractivity contribution in [3.63, 3.8) is 0 Å². The third-order valence-corrected chi connectivity index (χ3v) is 3.55. The quantitative estimate of drug-likeness (QED) is 0.720. The summed E-state index contributed by atoms with van der Waals surface area (Å²) in [4.78, 5) is 0. The molecule has 0 saturated heterocycles. The van der Waals surface area contributed by atoms with E-state index in [0.29, 0.717) is 12.6 Å². The summed E-state index contributed by atoms with van der Waals surface area (Å²) in [5.74, 6) is 0.930. The van der Waals surface area contributed by atoms with Gasteiger partial charge in [0.15, 0.2) is 0 Å². The van der Waals surface area contributed by atoms with Gasteiger partial charge in [0.1, 0.15) is 12.4 Å². The van der Waals surface area contributed by atoms with E-state index in [0.717, 1.165) is 12.3 Å². The van der Waals surface area contributed by atoms with E-state index in [1.807, 2.05) is 18.2 Å². The van der Waals surface area contributed by atoms with E-state index in [4.69, 9.17) is 4.74 Å². The predicted molar refractivity (Wildman–Crippen MR) is 89.7 cm³/mol. The van der Waals surface area contributed by atoms with Gasteiger partial charge in [-0.3, -0.25) is 0 Å². The summed E-state index contributed by atoms with van der Waals surface area (Å²) in [6, 6.07) is 19.3. The van der Waals surface area contributed by atoms with Crippen LogP contribution < -0.4 is 10.1 Å². The number of hydrogen-bond donors (Lipinski definition) is 1. The standard InChI is InChI=1S/C19H25NO/c1-3-7-16(2)20-14-15-21-19-12-10-18(11-13-19)17-8-5-4-6-9-17/h4-6,8-13,16,20H,3,7,14-15H2,1-2H3. The molecule has 0 spiro atoms. The van der Waals surface area contributed by atoms with Crippen molar-refractivity contribution in [2.75, 3.05) is 13.2 Å². The van der Waals surface area contributed by atoms with Crippen LogP contribution in [0.15, 0.2) is 54.6 Å². The summed E-state index contributed by atoms with van der Waals surface area (Å²) >= 11 is 0. The molecule has 0 radical (unpaired) electrons. The minimum Gasteiger partial charge on any atom is -0.492 e. The molecule has 21 heavy (non-hydrogen) atoms. The number of hydrogen-bond acceptors (Lipinski definition) is 2. The molecule has 1 N–H and O–H groups in total. The fourth-order valence-corrected chi connectivity index (χ4v) is 2.38. The molecule has 0 fully saturated rings. The lowest BCUT2D eigenvalue weighted by atomic mass is 10.1. The van der Waals surface area contributed by atoms with Crippen LogP contribution in [-0.4, -0.2) is 19.2 Å². The van der Waals surface area contributed by atoms with Crippen molar-refractivity contribution in [2.24, 2.45) is 0 Å². The summed E-state index contributed by atoms with van der Waals surface area (Å²) in [5.41, 5.74) is 2.46. The van der Waals surface area contributed by atoms with Crippen molar-refractivity contribution in [1.82, 2.24) is 5.32 Å². The maximum atomic E-state index is 5.76. The Morgan fingerprint density at radius 3 is 2.29 bits per heavy atom.